The molecule has 0 fully saturated rings. The van der Waals surface area contributed by atoms with E-state index < -0.39 is 34.8 Å². The van der Waals surface area contributed by atoms with Gasteiger partial charge in [-0.2, -0.15) is 13.2 Å². The number of halogens is 6. The van der Waals surface area contributed by atoms with Gasteiger partial charge in [0, 0.05) is 11.6 Å². The summed E-state index contributed by atoms with van der Waals surface area (Å²) in [4.78, 5) is 3.13. The molecule has 0 bridgehead atoms. The Morgan fingerprint density at radius 3 is 2.10 bits per heavy atom. The first kappa shape index (κ1) is 15.7. The van der Waals surface area contributed by atoms with Crippen LogP contribution in [0.1, 0.15) is 22.9 Å². The van der Waals surface area contributed by atoms with Crippen LogP contribution in [0.3, 0.4) is 0 Å². The van der Waals surface area contributed by atoms with Gasteiger partial charge in [0.1, 0.15) is 28.6 Å². The SMILES string of the molecule is OC(c1cc(F)cc(F)c1)c1ccc(C(F)(F)F)nc1Cl. The van der Waals surface area contributed by atoms with Crippen LogP contribution in [0.5, 0.6) is 0 Å². The monoisotopic (exact) mass is 323 g/mol. The Balaban J connectivity index is 2.42. The average Bonchev–Trinajstić information content (AvgIpc) is 2.35. The molecule has 0 saturated heterocycles. The van der Waals surface area contributed by atoms with Crippen LogP contribution in [0.25, 0.3) is 0 Å². The van der Waals surface area contributed by atoms with Crippen molar-refractivity contribution in [3.63, 3.8) is 0 Å². The van der Waals surface area contributed by atoms with Gasteiger partial charge in [0.25, 0.3) is 0 Å². The summed E-state index contributed by atoms with van der Waals surface area (Å²) in [6.45, 7) is 0. The summed E-state index contributed by atoms with van der Waals surface area (Å²) in [7, 11) is 0. The highest BCUT2D eigenvalue weighted by Gasteiger charge is 2.33. The van der Waals surface area contributed by atoms with Crippen LogP contribution in [0, 0.1) is 11.6 Å². The molecule has 8 heteroatoms. The molecular formula is C13H7ClF5NO. The summed E-state index contributed by atoms with van der Waals surface area (Å²) in [5, 5.41) is 9.38. The van der Waals surface area contributed by atoms with Crippen LogP contribution in [0.4, 0.5) is 22.0 Å². The fraction of sp³-hybridized carbons (Fsp3) is 0.154. The number of benzene rings is 1. The van der Waals surface area contributed by atoms with Crippen molar-refractivity contribution in [1.82, 2.24) is 4.98 Å². The minimum Gasteiger partial charge on any atom is -0.384 e. The van der Waals surface area contributed by atoms with E-state index in [1.54, 1.807) is 0 Å². The molecule has 2 aromatic rings. The van der Waals surface area contributed by atoms with E-state index in [1.165, 1.54) is 0 Å². The lowest BCUT2D eigenvalue weighted by Crippen LogP contribution is -2.10. The van der Waals surface area contributed by atoms with Crippen LogP contribution in [0.2, 0.25) is 5.15 Å². The second-order valence-corrected chi connectivity index (χ2v) is 4.54. The van der Waals surface area contributed by atoms with Gasteiger partial charge in [-0.25, -0.2) is 13.8 Å². The number of hydrogen-bond donors (Lipinski definition) is 1. The van der Waals surface area contributed by atoms with Gasteiger partial charge in [0.15, 0.2) is 0 Å². The number of alkyl halides is 3. The predicted octanol–water partition coefficient (Wildman–Crippen LogP) is 4.11. The summed E-state index contributed by atoms with van der Waals surface area (Å²) in [5.74, 6) is -1.86. The van der Waals surface area contributed by atoms with Crippen molar-refractivity contribution in [3.05, 3.63) is 63.9 Å². The van der Waals surface area contributed by atoms with E-state index in [4.69, 9.17) is 11.6 Å². The van der Waals surface area contributed by atoms with Crippen LogP contribution in [-0.2, 0) is 6.18 Å². The zero-order chi connectivity index (χ0) is 15.8. The predicted molar refractivity (Wildman–Crippen MR) is 64.7 cm³/mol. The van der Waals surface area contributed by atoms with Gasteiger partial charge in [-0.05, 0) is 23.8 Å². The Hall–Kier alpha value is -1.73. The van der Waals surface area contributed by atoms with Crippen molar-refractivity contribution >= 4 is 11.6 Å². The van der Waals surface area contributed by atoms with Gasteiger partial charge in [-0.3, -0.25) is 0 Å². The molecule has 112 valence electrons. The highest BCUT2D eigenvalue weighted by molar-refractivity contribution is 6.30. The van der Waals surface area contributed by atoms with Crippen molar-refractivity contribution in [3.8, 4) is 0 Å². The third-order valence-electron chi connectivity index (χ3n) is 2.66. The highest BCUT2D eigenvalue weighted by atomic mass is 35.5. The molecule has 1 heterocycles. The van der Waals surface area contributed by atoms with E-state index in [-0.39, 0.29) is 11.1 Å². The fourth-order valence-electron chi connectivity index (χ4n) is 1.72. The second-order valence-electron chi connectivity index (χ2n) is 4.18. The number of aliphatic hydroxyl groups excluding tert-OH is 1. The standard InChI is InChI=1S/C13H7ClF5NO/c14-12-9(1-2-10(20-12)13(17,18)19)11(21)6-3-7(15)5-8(16)4-6/h1-5,11,21H. The van der Waals surface area contributed by atoms with E-state index in [0.717, 1.165) is 18.2 Å². The van der Waals surface area contributed by atoms with Gasteiger partial charge in [-0.1, -0.05) is 17.7 Å². The maximum absolute atomic E-state index is 13.1. The Kier molecular flexibility index (Phi) is 4.15. The summed E-state index contributed by atoms with van der Waals surface area (Å²) < 4.78 is 63.5. The van der Waals surface area contributed by atoms with E-state index in [0.29, 0.717) is 12.1 Å². The maximum Gasteiger partial charge on any atom is 0.433 e. The first-order chi connectivity index (χ1) is 9.68. The minimum absolute atomic E-state index is 0.184. The third kappa shape index (κ3) is 3.48. The van der Waals surface area contributed by atoms with Crippen molar-refractivity contribution in [1.29, 1.82) is 0 Å². The topological polar surface area (TPSA) is 33.1 Å². The summed E-state index contributed by atoms with van der Waals surface area (Å²) in [6.07, 6.45) is -6.28. The number of rotatable bonds is 2. The second kappa shape index (κ2) is 5.57. The van der Waals surface area contributed by atoms with Gasteiger partial charge in [-0.15, -0.1) is 0 Å². The molecule has 0 aliphatic carbocycles. The van der Waals surface area contributed by atoms with Crippen molar-refractivity contribution in [2.75, 3.05) is 0 Å². The molecule has 1 unspecified atom stereocenters. The number of nitrogens with zero attached hydrogens (tertiary/aromatic N) is 1. The highest BCUT2D eigenvalue weighted by Crippen LogP contribution is 2.33. The maximum atomic E-state index is 13.1. The third-order valence-corrected chi connectivity index (χ3v) is 2.97. The van der Waals surface area contributed by atoms with Crippen LogP contribution >= 0.6 is 11.6 Å². The minimum atomic E-state index is -4.68. The average molecular weight is 324 g/mol. The Morgan fingerprint density at radius 2 is 1.62 bits per heavy atom. The molecule has 0 aliphatic rings. The number of aromatic nitrogens is 1. The number of pyridine rings is 1. The summed E-state index contributed by atoms with van der Waals surface area (Å²) >= 11 is 5.60. The summed E-state index contributed by atoms with van der Waals surface area (Å²) in [5.41, 5.74) is -1.60. The lowest BCUT2D eigenvalue weighted by Gasteiger charge is -2.14. The molecule has 2 rings (SSSR count). The van der Waals surface area contributed by atoms with Crippen LogP contribution in [-0.4, -0.2) is 10.1 Å². The van der Waals surface area contributed by atoms with E-state index in [1.807, 2.05) is 0 Å². The summed E-state index contributed by atoms with van der Waals surface area (Å²) in [6, 6.07) is 3.83. The molecule has 1 aromatic carbocycles. The molecule has 21 heavy (non-hydrogen) atoms. The Bertz CT molecular complexity index is 654. The Labute approximate surface area is 120 Å². The molecule has 1 atom stereocenters. The largest absolute Gasteiger partial charge is 0.433 e. The van der Waals surface area contributed by atoms with Gasteiger partial charge in [0.05, 0.1) is 0 Å². The normalized spacial score (nSPS) is 13.3. The quantitative estimate of drug-likeness (QED) is 0.666. The fourth-order valence-corrected chi connectivity index (χ4v) is 1.98. The molecule has 0 radical (unpaired) electrons. The van der Waals surface area contributed by atoms with Crippen LogP contribution in [0.15, 0.2) is 30.3 Å². The molecule has 1 N–H and O–H groups in total. The van der Waals surface area contributed by atoms with Gasteiger partial charge >= 0.3 is 6.18 Å². The van der Waals surface area contributed by atoms with Crippen molar-refractivity contribution < 1.29 is 27.1 Å². The van der Waals surface area contributed by atoms with Crippen molar-refractivity contribution in [2.24, 2.45) is 0 Å². The first-order valence-corrected chi connectivity index (χ1v) is 5.94. The van der Waals surface area contributed by atoms with Gasteiger partial charge in [0.2, 0.25) is 0 Å². The zero-order valence-electron chi connectivity index (χ0n) is 10.1. The Morgan fingerprint density at radius 1 is 1.05 bits per heavy atom. The van der Waals surface area contributed by atoms with Crippen molar-refractivity contribution in [2.45, 2.75) is 12.3 Å². The molecule has 0 spiro atoms. The molecule has 0 amide bonds. The molecular weight excluding hydrogens is 317 g/mol. The molecule has 0 aliphatic heterocycles. The number of hydrogen-bond acceptors (Lipinski definition) is 2. The number of aliphatic hydroxyl groups is 1. The lowest BCUT2D eigenvalue weighted by molar-refractivity contribution is -0.141. The molecule has 0 saturated carbocycles. The van der Waals surface area contributed by atoms with E-state index in [2.05, 4.69) is 4.98 Å². The zero-order valence-corrected chi connectivity index (χ0v) is 10.9. The smallest absolute Gasteiger partial charge is 0.384 e. The van der Waals surface area contributed by atoms with Gasteiger partial charge < -0.3 is 5.11 Å². The van der Waals surface area contributed by atoms with E-state index in [9.17, 15) is 27.1 Å². The first-order valence-electron chi connectivity index (χ1n) is 5.56. The lowest BCUT2D eigenvalue weighted by atomic mass is 10.0. The van der Waals surface area contributed by atoms with Crippen LogP contribution < -0.4 is 0 Å². The van der Waals surface area contributed by atoms with E-state index >= 15 is 0 Å². The molecule has 1 aromatic heterocycles. The molecule has 2 nitrogen and oxygen atoms in total.